The molecule has 0 saturated heterocycles. The summed E-state index contributed by atoms with van der Waals surface area (Å²) in [5, 5.41) is 11.4. The van der Waals surface area contributed by atoms with E-state index in [1.54, 1.807) is 4.68 Å². The van der Waals surface area contributed by atoms with Gasteiger partial charge < -0.3 is 5.73 Å². The Kier molecular flexibility index (Phi) is 1.68. The average Bonchev–Trinajstić information content (AvgIpc) is 2.07. The quantitative estimate of drug-likeness (QED) is 0.449. The minimum absolute atomic E-state index is 0.0908. The van der Waals surface area contributed by atoms with Crippen LogP contribution in [-0.2, 0) is 7.05 Å². The van der Waals surface area contributed by atoms with Crippen molar-refractivity contribution < 1.29 is 0 Å². The highest BCUT2D eigenvalue weighted by Crippen LogP contribution is 2.09. The first-order valence-corrected chi connectivity index (χ1v) is 3.38. The Morgan fingerprint density at radius 1 is 1.55 bits per heavy atom. The standard InChI is InChI=1S/C7H12N4/c1-4-6(7(8)9)5(2)11(3)10-4/h1-3H3,(H3,8,9). The number of rotatable bonds is 1. The molecule has 4 heteroatoms. The zero-order chi connectivity index (χ0) is 8.59. The largest absolute Gasteiger partial charge is 0.384 e. The molecule has 0 radical (unpaired) electrons. The number of hydrogen-bond donors (Lipinski definition) is 2. The Morgan fingerprint density at radius 2 is 2.09 bits per heavy atom. The van der Waals surface area contributed by atoms with Gasteiger partial charge in [-0.3, -0.25) is 10.1 Å². The third kappa shape index (κ3) is 1.11. The van der Waals surface area contributed by atoms with Crippen LogP contribution in [0.1, 0.15) is 17.0 Å². The molecule has 0 aromatic carbocycles. The topological polar surface area (TPSA) is 67.7 Å². The lowest BCUT2D eigenvalue weighted by atomic mass is 10.2. The summed E-state index contributed by atoms with van der Waals surface area (Å²) in [5.41, 5.74) is 7.87. The van der Waals surface area contributed by atoms with E-state index in [-0.39, 0.29) is 5.84 Å². The van der Waals surface area contributed by atoms with Crippen LogP contribution in [0.2, 0.25) is 0 Å². The lowest BCUT2D eigenvalue weighted by molar-refractivity contribution is 0.731. The van der Waals surface area contributed by atoms with Crippen LogP contribution in [0.3, 0.4) is 0 Å². The summed E-state index contributed by atoms with van der Waals surface area (Å²) in [6.07, 6.45) is 0. The van der Waals surface area contributed by atoms with Gasteiger partial charge in [-0.2, -0.15) is 5.10 Å². The van der Waals surface area contributed by atoms with Gasteiger partial charge in [-0.05, 0) is 13.8 Å². The van der Waals surface area contributed by atoms with Crippen LogP contribution in [0.15, 0.2) is 0 Å². The number of nitrogen functional groups attached to an aromatic ring is 1. The van der Waals surface area contributed by atoms with E-state index < -0.39 is 0 Å². The van der Waals surface area contributed by atoms with Crippen molar-refractivity contribution in [2.45, 2.75) is 13.8 Å². The summed E-state index contributed by atoms with van der Waals surface area (Å²) in [6.45, 7) is 3.75. The van der Waals surface area contributed by atoms with E-state index in [9.17, 15) is 0 Å². The average molecular weight is 152 g/mol. The monoisotopic (exact) mass is 152 g/mol. The number of hydrogen-bond acceptors (Lipinski definition) is 2. The molecule has 0 aliphatic heterocycles. The Morgan fingerprint density at radius 3 is 2.27 bits per heavy atom. The van der Waals surface area contributed by atoms with E-state index in [1.807, 2.05) is 20.9 Å². The van der Waals surface area contributed by atoms with E-state index in [2.05, 4.69) is 5.10 Å². The molecule has 4 nitrogen and oxygen atoms in total. The Balaban J connectivity index is 3.34. The number of amidine groups is 1. The molecule has 3 N–H and O–H groups in total. The van der Waals surface area contributed by atoms with Gasteiger partial charge in [0.25, 0.3) is 0 Å². The Labute approximate surface area is 65.5 Å². The fourth-order valence-electron chi connectivity index (χ4n) is 1.16. The molecule has 11 heavy (non-hydrogen) atoms. The van der Waals surface area contributed by atoms with Gasteiger partial charge in [-0.1, -0.05) is 0 Å². The molecule has 1 aromatic rings. The van der Waals surface area contributed by atoms with E-state index in [0.29, 0.717) is 0 Å². The van der Waals surface area contributed by atoms with Crippen molar-refractivity contribution in [3.05, 3.63) is 17.0 Å². The summed E-state index contributed by atoms with van der Waals surface area (Å²) in [6, 6.07) is 0. The highest BCUT2D eigenvalue weighted by atomic mass is 15.3. The van der Waals surface area contributed by atoms with Crippen LogP contribution < -0.4 is 5.73 Å². The van der Waals surface area contributed by atoms with Gasteiger partial charge in [-0.25, -0.2) is 0 Å². The summed E-state index contributed by atoms with van der Waals surface area (Å²) in [7, 11) is 1.84. The van der Waals surface area contributed by atoms with Gasteiger partial charge >= 0.3 is 0 Å². The molecule has 0 spiro atoms. The first kappa shape index (κ1) is 7.78. The number of aryl methyl sites for hydroxylation is 2. The number of nitrogens with zero attached hydrogens (tertiary/aromatic N) is 2. The van der Waals surface area contributed by atoms with Crippen molar-refractivity contribution in [1.82, 2.24) is 9.78 Å². The summed E-state index contributed by atoms with van der Waals surface area (Å²) in [4.78, 5) is 0. The van der Waals surface area contributed by atoms with Crippen LogP contribution >= 0.6 is 0 Å². The maximum absolute atomic E-state index is 7.25. The first-order chi connectivity index (χ1) is 5.04. The lowest BCUT2D eigenvalue weighted by Gasteiger charge is -1.96. The highest BCUT2D eigenvalue weighted by molar-refractivity contribution is 5.97. The van der Waals surface area contributed by atoms with Gasteiger partial charge in [0.05, 0.1) is 11.3 Å². The van der Waals surface area contributed by atoms with E-state index in [1.165, 1.54) is 0 Å². The van der Waals surface area contributed by atoms with Gasteiger partial charge in [0.2, 0.25) is 0 Å². The van der Waals surface area contributed by atoms with Gasteiger partial charge in [0.1, 0.15) is 5.84 Å². The fraction of sp³-hybridized carbons (Fsp3) is 0.429. The minimum atomic E-state index is 0.0908. The van der Waals surface area contributed by atoms with Crippen LogP contribution in [0.25, 0.3) is 0 Å². The fourth-order valence-corrected chi connectivity index (χ4v) is 1.16. The normalized spacial score (nSPS) is 10.1. The maximum Gasteiger partial charge on any atom is 0.126 e. The van der Waals surface area contributed by atoms with Crippen LogP contribution in [-0.4, -0.2) is 15.6 Å². The number of nitrogens with one attached hydrogen (secondary N) is 1. The van der Waals surface area contributed by atoms with E-state index in [4.69, 9.17) is 11.1 Å². The molecular weight excluding hydrogens is 140 g/mol. The minimum Gasteiger partial charge on any atom is -0.384 e. The summed E-state index contributed by atoms with van der Waals surface area (Å²) < 4.78 is 1.73. The number of nitrogens with two attached hydrogens (primary N) is 1. The van der Waals surface area contributed by atoms with Gasteiger partial charge in [0.15, 0.2) is 0 Å². The molecule has 0 aliphatic rings. The molecule has 1 heterocycles. The van der Waals surface area contributed by atoms with Crippen LogP contribution in [0.4, 0.5) is 0 Å². The first-order valence-electron chi connectivity index (χ1n) is 3.38. The van der Waals surface area contributed by atoms with Gasteiger partial charge in [0, 0.05) is 12.7 Å². The second-order valence-corrected chi connectivity index (χ2v) is 2.58. The van der Waals surface area contributed by atoms with Crippen LogP contribution in [0.5, 0.6) is 0 Å². The predicted molar refractivity (Wildman–Crippen MR) is 43.7 cm³/mol. The molecule has 0 aliphatic carbocycles. The zero-order valence-electron chi connectivity index (χ0n) is 6.97. The predicted octanol–water partition coefficient (Wildman–Crippen LogP) is 0.321. The van der Waals surface area contributed by atoms with Crippen molar-refractivity contribution in [3.63, 3.8) is 0 Å². The molecular formula is C7H12N4. The Hall–Kier alpha value is -1.32. The second kappa shape index (κ2) is 2.38. The molecule has 0 fully saturated rings. The molecule has 0 atom stereocenters. The van der Waals surface area contributed by atoms with Gasteiger partial charge in [-0.15, -0.1) is 0 Å². The van der Waals surface area contributed by atoms with Crippen molar-refractivity contribution in [3.8, 4) is 0 Å². The molecule has 0 saturated carbocycles. The zero-order valence-corrected chi connectivity index (χ0v) is 6.97. The van der Waals surface area contributed by atoms with Crippen molar-refractivity contribution in [2.24, 2.45) is 12.8 Å². The maximum atomic E-state index is 7.25. The van der Waals surface area contributed by atoms with Crippen molar-refractivity contribution in [2.75, 3.05) is 0 Å². The van der Waals surface area contributed by atoms with E-state index >= 15 is 0 Å². The van der Waals surface area contributed by atoms with Crippen molar-refractivity contribution in [1.29, 1.82) is 5.41 Å². The second-order valence-electron chi connectivity index (χ2n) is 2.58. The third-order valence-electron chi connectivity index (χ3n) is 1.78. The van der Waals surface area contributed by atoms with E-state index in [0.717, 1.165) is 17.0 Å². The SMILES string of the molecule is Cc1nn(C)c(C)c1C(=N)N. The van der Waals surface area contributed by atoms with Crippen molar-refractivity contribution >= 4 is 5.84 Å². The lowest BCUT2D eigenvalue weighted by Crippen LogP contribution is -2.13. The highest BCUT2D eigenvalue weighted by Gasteiger charge is 2.10. The smallest absolute Gasteiger partial charge is 0.126 e. The molecule has 1 rings (SSSR count). The molecule has 60 valence electrons. The molecule has 1 aromatic heterocycles. The molecule has 0 bridgehead atoms. The summed E-state index contributed by atoms with van der Waals surface area (Å²) in [5.74, 6) is 0.0908. The Bertz CT molecular complexity index is 298. The molecule has 0 unspecified atom stereocenters. The number of aromatic nitrogens is 2. The summed E-state index contributed by atoms with van der Waals surface area (Å²) >= 11 is 0. The third-order valence-corrected chi connectivity index (χ3v) is 1.78. The van der Waals surface area contributed by atoms with Crippen LogP contribution in [0, 0.1) is 19.3 Å². The molecule has 0 amide bonds.